The quantitative estimate of drug-likeness (QED) is 0.441. The van der Waals surface area contributed by atoms with Crippen LogP contribution in [0.15, 0.2) is 23.3 Å². The minimum Gasteiger partial charge on any atom is -0.756 e. The summed E-state index contributed by atoms with van der Waals surface area (Å²) in [5.74, 6) is 0. The molecule has 2 rings (SSSR count). The van der Waals surface area contributed by atoms with Gasteiger partial charge in [0.05, 0.1) is 27.7 Å². The minimum atomic E-state index is -4.63. The third-order valence-corrected chi connectivity index (χ3v) is 4.68. The number of aliphatic hydroxyl groups is 1. The molecule has 2 unspecified atom stereocenters. The topological polar surface area (TPSA) is 123 Å². The molecule has 1 saturated heterocycles. The van der Waals surface area contributed by atoms with E-state index in [1.165, 1.54) is 18.5 Å². The molecule has 1 fully saturated rings. The SMILES string of the molecule is C[N+](C)(C)CCOP(=O)([O-])OC[C@H]1O[C@@H](n2cccnc2=O)C(F)[C@@H]1O. The zero-order valence-electron chi connectivity index (χ0n) is 14.7. The zero-order valence-corrected chi connectivity index (χ0v) is 15.6. The maximum absolute atomic E-state index is 14.3. The van der Waals surface area contributed by atoms with Crippen molar-refractivity contribution in [1.29, 1.82) is 0 Å². The van der Waals surface area contributed by atoms with Crippen LogP contribution in [0.4, 0.5) is 4.39 Å². The fourth-order valence-electron chi connectivity index (χ4n) is 2.26. The van der Waals surface area contributed by atoms with Gasteiger partial charge in [0.2, 0.25) is 0 Å². The maximum atomic E-state index is 14.3. The summed E-state index contributed by atoms with van der Waals surface area (Å²) in [5, 5.41) is 9.91. The molecule has 0 saturated carbocycles. The second kappa shape index (κ2) is 8.22. The maximum Gasteiger partial charge on any atom is 0.349 e. The molecule has 12 heteroatoms. The number of hydrogen-bond acceptors (Lipinski definition) is 8. The second-order valence-corrected chi connectivity index (χ2v) is 8.31. The van der Waals surface area contributed by atoms with Crippen molar-refractivity contribution in [2.75, 3.05) is 40.9 Å². The zero-order chi connectivity index (χ0) is 19.5. The van der Waals surface area contributed by atoms with E-state index in [0.29, 0.717) is 11.0 Å². The predicted molar refractivity (Wildman–Crippen MR) is 85.7 cm³/mol. The number of aromatic nitrogens is 2. The number of ether oxygens (including phenoxy) is 1. The van der Waals surface area contributed by atoms with Gasteiger partial charge in [-0.3, -0.25) is 9.13 Å². The Hall–Kier alpha value is -1.20. The lowest BCUT2D eigenvalue weighted by Gasteiger charge is -2.28. The molecule has 1 aliphatic heterocycles. The van der Waals surface area contributed by atoms with E-state index in [2.05, 4.69) is 9.51 Å². The van der Waals surface area contributed by atoms with E-state index in [1.54, 1.807) is 0 Å². The van der Waals surface area contributed by atoms with Crippen LogP contribution in [0.1, 0.15) is 6.23 Å². The molecular formula is C14H23FN3O7P. The van der Waals surface area contributed by atoms with Gasteiger partial charge in [-0.15, -0.1) is 0 Å². The monoisotopic (exact) mass is 395 g/mol. The highest BCUT2D eigenvalue weighted by Gasteiger charge is 2.46. The summed E-state index contributed by atoms with van der Waals surface area (Å²) < 4.78 is 42.0. The third-order valence-electron chi connectivity index (χ3n) is 3.71. The van der Waals surface area contributed by atoms with Gasteiger partial charge >= 0.3 is 5.69 Å². The van der Waals surface area contributed by atoms with E-state index >= 15 is 0 Å². The highest BCUT2D eigenvalue weighted by atomic mass is 31.2. The molecule has 0 aliphatic carbocycles. The molecular weight excluding hydrogens is 372 g/mol. The van der Waals surface area contributed by atoms with E-state index in [9.17, 15) is 23.7 Å². The lowest BCUT2D eigenvalue weighted by Crippen LogP contribution is -2.37. The van der Waals surface area contributed by atoms with Crippen molar-refractivity contribution in [3.63, 3.8) is 0 Å². The number of nitrogens with zero attached hydrogens (tertiary/aromatic N) is 3. The minimum absolute atomic E-state index is 0.0855. The van der Waals surface area contributed by atoms with E-state index in [-0.39, 0.29) is 6.61 Å². The smallest absolute Gasteiger partial charge is 0.349 e. The van der Waals surface area contributed by atoms with Gasteiger partial charge in [-0.1, -0.05) is 0 Å². The molecule has 1 N–H and O–H groups in total. The number of phosphoric acid groups is 1. The molecule has 10 nitrogen and oxygen atoms in total. The van der Waals surface area contributed by atoms with Gasteiger partial charge in [-0.05, 0) is 6.07 Å². The molecule has 148 valence electrons. The van der Waals surface area contributed by atoms with Crippen molar-refractivity contribution >= 4 is 7.82 Å². The standard InChI is InChI=1S/C14H23FN3O7P/c1-18(2,3)7-8-23-26(21,22)24-9-10-12(19)11(15)13(25-10)17-6-4-5-16-14(17)20/h4-6,10-13,19H,7-9H2,1-3H3/t10-,11?,12-,13-/m1/s1. The average Bonchev–Trinajstić information content (AvgIpc) is 2.80. The van der Waals surface area contributed by atoms with Crippen LogP contribution < -0.4 is 10.6 Å². The highest BCUT2D eigenvalue weighted by Crippen LogP contribution is 2.40. The number of aliphatic hydroxyl groups excluding tert-OH is 1. The van der Waals surface area contributed by atoms with Crippen LogP contribution in [0, 0.1) is 0 Å². The van der Waals surface area contributed by atoms with Crippen molar-refractivity contribution in [3.8, 4) is 0 Å². The molecule has 2 heterocycles. The van der Waals surface area contributed by atoms with Crippen molar-refractivity contribution in [1.82, 2.24) is 9.55 Å². The van der Waals surface area contributed by atoms with Crippen molar-refractivity contribution in [3.05, 3.63) is 28.9 Å². The van der Waals surface area contributed by atoms with Gasteiger partial charge in [0, 0.05) is 12.4 Å². The van der Waals surface area contributed by atoms with Gasteiger partial charge in [0.15, 0.2) is 12.4 Å². The third kappa shape index (κ3) is 5.65. The summed E-state index contributed by atoms with van der Waals surface area (Å²) in [5.41, 5.74) is -0.757. The summed E-state index contributed by atoms with van der Waals surface area (Å²) in [7, 11) is 0.964. The number of quaternary nitrogens is 1. The Balaban J connectivity index is 1.93. The van der Waals surface area contributed by atoms with Crippen molar-refractivity contribution in [2.45, 2.75) is 24.6 Å². The Morgan fingerprint density at radius 1 is 1.46 bits per heavy atom. The van der Waals surface area contributed by atoms with E-state index in [1.807, 2.05) is 21.1 Å². The number of rotatable bonds is 8. The van der Waals surface area contributed by atoms with Gasteiger partial charge in [-0.25, -0.2) is 14.2 Å². The molecule has 0 spiro atoms. The summed E-state index contributed by atoms with van der Waals surface area (Å²) >= 11 is 0. The van der Waals surface area contributed by atoms with Gasteiger partial charge < -0.3 is 28.3 Å². The van der Waals surface area contributed by atoms with Gasteiger partial charge in [0.25, 0.3) is 7.82 Å². The Bertz CT molecular complexity index is 710. The Morgan fingerprint density at radius 2 is 2.15 bits per heavy atom. The van der Waals surface area contributed by atoms with Crippen molar-refractivity contribution < 1.29 is 37.2 Å². The van der Waals surface area contributed by atoms with Gasteiger partial charge in [-0.2, -0.15) is 0 Å². The Morgan fingerprint density at radius 3 is 2.77 bits per heavy atom. The van der Waals surface area contributed by atoms with Crippen LogP contribution in [-0.4, -0.2) is 78.4 Å². The Kier molecular flexibility index (Phi) is 6.67. The lowest BCUT2D eigenvalue weighted by atomic mass is 10.1. The number of likely N-dealkylation sites (N-methyl/N-ethyl adjacent to an activating group) is 1. The second-order valence-electron chi connectivity index (χ2n) is 6.90. The highest BCUT2D eigenvalue weighted by molar-refractivity contribution is 7.45. The normalized spacial score (nSPS) is 28.8. The van der Waals surface area contributed by atoms with Crippen LogP contribution in [0.2, 0.25) is 0 Å². The van der Waals surface area contributed by atoms with Crippen LogP contribution in [0.5, 0.6) is 0 Å². The summed E-state index contributed by atoms with van der Waals surface area (Å²) in [6.07, 6.45) is -3.83. The molecule has 0 aromatic carbocycles. The van der Waals surface area contributed by atoms with E-state index in [4.69, 9.17) is 9.26 Å². The van der Waals surface area contributed by atoms with Crippen LogP contribution in [-0.2, 0) is 18.3 Å². The fourth-order valence-corrected chi connectivity index (χ4v) is 2.97. The van der Waals surface area contributed by atoms with Gasteiger partial charge in [0.1, 0.15) is 25.4 Å². The van der Waals surface area contributed by atoms with Crippen LogP contribution in [0.3, 0.4) is 0 Å². The Labute approximate surface area is 149 Å². The molecule has 26 heavy (non-hydrogen) atoms. The first kappa shape index (κ1) is 21.1. The predicted octanol–water partition coefficient (Wildman–Crippen LogP) is -0.952. The first-order valence-corrected chi connectivity index (χ1v) is 9.37. The van der Waals surface area contributed by atoms with Crippen LogP contribution >= 0.6 is 7.82 Å². The number of halogens is 1. The molecule has 1 aliphatic rings. The molecule has 0 bridgehead atoms. The van der Waals surface area contributed by atoms with E-state index < -0.39 is 44.7 Å². The molecule has 1 aromatic rings. The van der Waals surface area contributed by atoms with Crippen LogP contribution in [0.25, 0.3) is 0 Å². The summed E-state index contributed by atoms with van der Waals surface area (Å²) in [6.45, 7) is -0.299. The fraction of sp³-hybridized carbons (Fsp3) is 0.714. The largest absolute Gasteiger partial charge is 0.756 e. The summed E-state index contributed by atoms with van der Waals surface area (Å²) in [4.78, 5) is 26.9. The lowest BCUT2D eigenvalue weighted by molar-refractivity contribution is -0.870. The number of hydrogen-bond donors (Lipinski definition) is 1. The first-order chi connectivity index (χ1) is 12.0. The molecule has 1 aromatic heterocycles. The molecule has 5 atom stereocenters. The number of phosphoric ester groups is 1. The first-order valence-electron chi connectivity index (χ1n) is 7.91. The molecule has 0 radical (unpaired) electrons. The van der Waals surface area contributed by atoms with E-state index in [0.717, 1.165) is 4.57 Å². The summed E-state index contributed by atoms with van der Waals surface area (Å²) in [6, 6.07) is 1.40. The average molecular weight is 395 g/mol. The van der Waals surface area contributed by atoms with Crippen molar-refractivity contribution in [2.24, 2.45) is 0 Å². The molecule has 0 amide bonds. The number of alkyl halides is 1.